The number of carbonyl (C=O) groups is 4. The van der Waals surface area contributed by atoms with Crippen molar-refractivity contribution in [3.05, 3.63) is 58.7 Å². The van der Waals surface area contributed by atoms with Gasteiger partial charge in [-0.1, -0.05) is 35.3 Å². The van der Waals surface area contributed by atoms with Crippen LogP contribution in [-0.4, -0.2) is 33.0 Å². The molecule has 1 atom stereocenters. The second-order valence-corrected chi connectivity index (χ2v) is 9.84. The predicted molar refractivity (Wildman–Crippen MR) is 106 cm³/mol. The first kappa shape index (κ1) is 18.3. The summed E-state index contributed by atoms with van der Waals surface area (Å²) in [7, 11) is 0. The number of nitrogens with zero attached hydrogens (tertiary/aromatic N) is 1. The number of nitrogens with one attached hydrogen (secondary N) is 1. The first-order valence-electron chi connectivity index (χ1n) is 8.13. The highest BCUT2D eigenvalue weighted by Crippen LogP contribution is 2.39. The summed E-state index contributed by atoms with van der Waals surface area (Å²) in [6, 6.07) is 9.86. The molecule has 0 saturated carbocycles. The van der Waals surface area contributed by atoms with Crippen LogP contribution in [0.1, 0.15) is 41.4 Å². The maximum absolute atomic E-state index is 11.7. The molecule has 3 aliphatic heterocycles. The molecule has 5 rings (SSSR count). The van der Waals surface area contributed by atoms with E-state index in [1.54, 1.807) is 36.4 Å². The van der Waals surface area contributed by atoms with Crippen molar-refractivity contribution in [2.24, 2.45) is 5.10 Å². The van der Waals surface area contributed by atoms with Gasteiger partial charge < -0.3 is 9.47 Å². The number of fused-ring (bicyclic) bond motifs is 2. The third kappa shape index (κ3) is 3.30. The van der Waals surface area contributed by atoms with Crippen LogP contribution in [0.15, 0.2) is 51.3 Å². The van der Waals surface area contributed by atoms with E-state index in [2.05, 4.69) is 20.0 Å². The molecule has 1 N–H and O–H groups in total. The second kappa shape index (κ2) is 6.94. The zero-order valence-corrected chi connectivity index (χ0v) is 16.6. The molecule has 0 fully saturated rings. The Balaban J connectivity index is 1.25. The Labute approximate surface area is 175 Å². The minimum absolute atomic E-state index is 0.135. The van der Waals surface area contributed by atoms with Crippen LogP contribution < -0.4 is 5.43 Å². The highest BCUT2D eigenvalue weighted by Gasteiger charge is 2.32. The number of ether oxygens (including phenoxy) is 2. The highest BCUT2D eigenvalue weighted by molar-refractivity contribution is 8.42. The number of benzene rings is 2. The van der Waals surface area contributed by atoms with Gasteiger partial charge in [-0.2, -0.15) is 5.10 Å². The van der Waals surface area contributed by atoms with Crippen molar-refractivity contribution >= 4 is 63.5 Å². The van der Waals surface area contributed by atoms with Crippen molar-refractivity contribution in [3.8, 4) is 0 Å². The van der Waals surface area contributed by atoms with E-state index >= 15 is 0 Å². The van der Waals surface area contributed by atoms with Crippen molar-refractivity contribution in [2.45, 2.75) is 14.5 Å². The van der Waals surface area contributed by atoms with Crippen LogP contribution in [0.5, 0.6) is 0 Å². The van der Waals surface area contributed by atoms with Gasteiger partial charge in [-0.15, -0.1) is 0 Å². The zero-order chi connectivity index (χ0) is 20.1. The van der Waals surface area contributed by atoms with Gasteiger partial charge in [-0.05, 0) is 36.4 Å². The number of hydrogen-bond donors (Lipinski definition) is 1. The summed E-state index contributed by atoms with van der Waals surface area (Å²) in [6.45, 7) is 0. The van der Waals surface area contributed by atoms with Crippen molar-refractivity contribution < 1.29 is 28.7 Å². The fourth-order valence-corrected chi connectivity index (χ4v) is 6.28. The van der Waals surface area contributed by atoms with Crippen LogP contribution in [0.2, 0.25) is 0 Å². The number of hydrogen-bond acceptors (Lipinski definition) is 11. The Hall–Kier alpha value is -2.76. The van der Waals surface area contributed by atoms with E-state index in [1.165, 1.54) is 35.3 Å². The topological polar surface area (TPSA) is 111 Å². The van der Waals surface area contributed by atoms with Crippen LogP contribution in [0, 0.1) is 0 Å². The molecule has 0 amide bonds. The number of thioether (sulfide) groups is 3. The molecule has 0 aliphatic carbocycles. The summed E-state index contributed by atoms with van der Waals surface area (Å²) >= 11 is 4.26. The molecule has 8 nitrogen and oxygen atoms in total. The lowest BCUT2D eigenvalue weighted by molar-refractivity contribution is 0.0425. The molecular weight excluding hydrogens is 436 g/mol. The molecule has 0 spiro atoms. The van der Waals surface area contributed by atoms with Gasteiger partial charge in [0.25, 0.3) is 0 Å². The van der Waals surface area contributed by atoms with E-state index in [1.807, 2.05) is 0 Å². The third-order valence-corrected chi connectivity index (χ3v) is 7.48. The summed E-state index contributed by atoms with van der Waals surface area (Å²) < 4.78 is 9.79. The zero-order valence-electron chi connectivity index (χ0n) is 14.2. The Bertz CT molecular complexity index is 1160. The first-order chi connectivity index (χ1) is 14.0. The summed E-state index contributed by atoms with van der Waals surface area (Å²) in [5.41, 5.74) is 4.04. The molecule has 29 heavy (non-hydrogen) atoms. The van der Waals surface area contributed by atoms with E-state index in [4.69, 9.17) is 0 Å². The molecule has 0 saturated heterocycles. The Morgan fingerprint density at radius 2 is 1.34 bits per heavy atom. The maximum atomic E-state index is 11.7. The molecule has 1 unspecified atom stereocenters. The van der Waals surface area contributed by atoms with Crippen LogP contribution in [0.4, 0.5) is 0 Å². The number of hydrazone groups is 1. The predicted octanol–water partition coefficient (Wildman–Crippen LogP) is 3.08. The van der Waals surface area contributed by atoms with E-state index in [9.17, 15) is 19.2 Å². The molecule has 0 aromatic heterocycles. The molecule has 3 heterocycles. The van der Waals surface area contributed by atoms with E-state index < -0.39 is 23.9 Å². The summed E-state index contributed by atoms with van der Waals surface area (Å²) in [5, 5.41) is 4.28. The van der Waals surface area contributed by atoms with Gasteiger partial charge in [-0.25, -0.2) is 19.2 Å². The molecule has 11 heteroatoms. The second-order valence-electron chi connectivity index (χ2n) is 5.95. The number of rotatable bonds is 3. The molecule has 3 aliphatic rings. The first-order valence-corrected chi connectivity index (χ1v) is 10.7. The van der Waals surface area contributed by atoms with Gasteiger partial charge in [0.2, 0.25) is 0 Å². The molecule has 144 valence electrons. The minimum Gasteiger partial charge on any atom is -0.386 e. The van der Waals surface area contributed by atoms with Crippen LogP contribution >= 0.6 is 35.3 Å². The molecule has 0 bridgehead atoms. The Kier molecular flexibility index (Phi) is 4.37. The highest BCUT2D eigenvalue weighted by atomic mass is 32.2. The van der Waals surface area contributed by atoms with Gasteiger partial charge in [0.05, 0.1) is 22.3 Å². The molecule has 2 aromatic rings. The lowest BCUT2D eigenvalue weighted by Crippen LogP contribution is -2.10. The fourth-order valence-electron chi connectivity index (χ4n) is 2.84. The fraction of sp³-hybridized carbons (Fsp3) is 0.0556. The Morgan fingerprint density at radius 1 is 0.793 bits per heavy atom. The van der Waals surface area contributed by atoms with Crippen LogP contribution in [0.25, 0.3) is 0 Å². The lowest BCUT2D eigenvalue weighted by atomic mass is 10.1. The quantitative estimate of drug-likeness (QED) is 0.560. The monoisotopic (exact) mass is 444 g/mol. The summed E-state index contributed by atoms with van der Waals surface area (Å²) in [6.07, 6.45) is 0. The van der Waals surface area contributed by atoms with Crippen molar-refractivity contribution in [2.75, 3.05) is 0 Å². The SMILES string of the molecule is O=C1OC(=O)c2cc(SC3=NNC(Sc4ccc5c(c4)C(=O)OC5=O)S3)ccc21. The smallest absolute Gasteiger partial charge is 0.346 e. The number of cyclic esters (lactones) is 4. The van der Waals surface area contributed by atoms with Gasteiger partial charge in [-0.3, -0.25) is 5.43 Å². The third-order valence-electron chi connectivity index (χ3n) is 4.15. The van der Waals surface area contributed by atoms with Gasteiger partial charge in [0, 0.05) is 9.79 Å². The van der Waals surface area contributed by atoms with Gasteiger partial charge in [0.15, 0.2) is 4.38 Å². The lowest BCUT2D eigenvalue weighted by Gasteiger charge is -2.09. The van der Waals surface area contributed by atoms with Gasteiger partial charge >= 0.3 is 23.9 Å². The van der Waals surface area contributed by atoms with Crippen molar-refractivity contribution in [3.63, 3.8) is 0 Å². The largest absolute Gasteiger partial charge is 0.386 e. The van der Waals surface area contributed by atoms with Gasteiger partial charge in [0.1, 0.15) is 4.71 Å². The normalized spacial score (nSPS) is 19.4. The number of carbonyl (C=O) groups excluding carboxylic acids is 4. The average Bonchev–Trinajstić information content (AvgIpc) is 3.33. The molecule has 0 radical (unpaired) electrons. The van der Waals surface area contributed by atoms with Crippen molar-refractivity contribution in [1.29, 1.82) is 0 Å². The van der Waals surface area contributed by atoms with E-state index in [0.29, 0.717) is 0 Å². The molecule has 2 aromatic carbocycles. The van der Waals surface area contributed by atoms with Crippen LogP contribution in [-0.2, 0) is 9.47 Å². The van der Waals surface area contributed by atoms with E-state index in [-0.39, 0.29) is 27.0 Å². The summed E-state index contributed by atoms with van der Waals surface area (Å²) in [4.78, 5) is 48.0. The van der Waals surface area contributed by atoms with E-state index in [0.717, 1.165) is 14.2 Å². The maximum Gasteiger partial charge on any atom is 0.346 e. The van der Waals surface area contributed by atoms with Crippen LogP contribution in [0.3, 0.4) is 0 Å². The molecular formula is C18H8N2O6S3. The number of esters is 4. The Morgan fingerprint density at radius 3 is 2.00 bits per heavy atom. The average molecular weight is 444 g/mol. The van der Waals surface area contributed by atoms with Crippen molar-refractivity contribution in [1.82, 2.24) is 5.43 Å². The minimum atomic E-state index is -0.645. The standard InChI is InChI=1S/C18H8N2O6S3/c21-13-9-3-1-7(5-11(9)15(23)25-13)27-17-19-20-18(29-17)28-8-2-4-10-12(6-8)16(24)26-14(10)22/h1-6,17,19H. The summed E-state index contributed by atoms with van der Waals surface area (Å²) in [5.74, 6) is -2.54.